The van der Waals surface area contributed by atoms with Gasteiger partial charge in [0.05, 0.1) is 0 Å². The van der Waals surface area contributed by atoms with Crippen LogP contribution in [0.5, 0.6) is 0 Å². The highest BCUT2D eigenvalue weighted by atomic mass is 16.2. The van der Waals surface area contributed by atoms with Crippen molar-refractivity contribution in [3.8, 4) is 0 Å². The monoisotopic (exact) mass is 384 g/mol. The molecule has 2 aliphatic heterocycles. The zero-order chi connectivity index (χ0) is 19.5. The van der Waals surface area contributed by atoms with Crippen molar-refractivity contribution < 1.29 is 9.59 Å². The molecular formula is C22H32N4O2. The van der Waals surface area contributed by atoms with Crippen molar-refractivity contribution in [3.63, 3.8) is 0 Å². The minimum atomic E-state index is 0.140. The summed E-state index contributed by atoms with van der Waals surface area (Å²) in [6.45, 7) is 4.65. The summed E-state index contributed by atoms with van der Waals surface area (Å²) in [5.74, 6) is 0.861. The lowest BCUT2D eigenvalue weighted by atomic mass is 9.83. The minimum Gasteiger partial charge on any atom is -0.341 e. The van der Waals surface area contributed by atoms with Gasteiger partial charge in [0.1, 0.15) is 6.54 Å². The molecule has 0 bridgehead atoms. The van der Waals surface area contributed by atoms with Crippen molar-refractivity contribution in [1.29, 1.82) is 0 Å². The number of aromatic nitrogens is 2. The van der Waals surface area contributed by atoms with Crippen molar-refractivity contribution in [2.45, 2.75) is 70.9 Å². The Labute approximate surface area is 167 Å². The van der Waals surface area contributed by atoms with Crippen LogP contribution in [0, 0.1) is 12.8 Å². The predicted octanol–water partition coefficient (Wildman–Crippen LogP) is 2.92. The fraction of sp³-hybridized carbons (Fsp3) is 0.682. The van der Waals surface area contributed by atoms with E-state index in [0.717, 1.165) is 44.6 Å². The van der Waals surface area contributed by atoms with E-state index in [0.29, 0.717) is 30.8 Å². The molecule has 1 aliphatic carbocycles. The van der Waals surface area contributed by atoms with Crippen LogP contribution >= 0.6 is 0 Å². The first-order chi connectivity index (χ1) is 13.6. The number of amides is 2. The van der Waals surface area contributed by atoms with Crippen molar-refractivity contribution >= 4 is 11.8 Å². The molecule has 152 valence electrons. The maximum atomic E-state index is 12.7. The van der Waals surface area contributed by atoms with Crippen LogP contribution < -0.4 is 0 Å². The first kappa shape index (κ1) is 19.2. The number of carbonyl (C=O) groups excluding carboxylic acids is 2. The van der Waals surface area contributed by atoms with Crippen molar-refractivity contribution in [1.82, 2.24) is 19.6 Å². The van der Waals surface area contributed by atoms with Crippen LogP contribution in [-0.2, 0) is 16.1 Å². The van der Waals surface area contributed by atoms with Gasteiger partial charge in [0.15, 0.2) is 0 Å². The number of fused-ring (bicyclic) bond motifs is 1. The van der Waals surface area contributed by atoms with Crippen molar-refractivity contribution in [2.75, 3.05) is 19.6 Å². The summed E-state index contributed by atoms with van der Waals surface area (Å²) in [4.78, 5) is 29.5. The van der Waals surface area contributed by atoms with Gasteiger partial charge in [-0.2, -0.15) is 5.10 Å². The highest BCUT2D eigenvalue weighted by molar-refractivity contribution is 5.78. The zero-order valence-electron chi connectivity index (χ0n) is 17.0. The Morgan fingerprint density at radius 2 is 2.14 bits per heavy atom. The number of carbonyl (C=O) groups is 2. The van der Waals surface area contributed by atoms with Gasteiger partial charge in [-0.25, -0.2) is 0 Å². The summed E-state index contributed by atoms with van der Waals surface area (Å²) in [5, 5.41) is 4.23. The first-order valence-electron chi connectivity index (χ1n) is 10.9. The molecule has 1 aromatic rings. The number of rotatable bonds is 5. The molecule has 0 saturated carbocycles. The van der Waals surface area contributed by atoms with E-state index >= 15 is 0 Å². The molecule has 2 fully saturated rings. The van der Waals surface area contributed by atoms with E-state index in [2.05, 4.69) is 16.1 Å². The number of hydrogen-bond donors (Lipinski definition) is 0. The Morgan fingerprint density at radius 1 is 1.25 bits per heavy atom. The fourth-order valence-electron chi connectivity index (χ4n) is 5.06. The first-order valence-corrected chi connectivity index (χ1v) is 10.9. The van der Waals surface area contributed by atoms with Gasteiger partial charge in [0.25, 0.3) is 0 Å². The van der Waals surface area contributed by atoms with Gasteiger partial charge < -0.3 is 9.80 Å². The summed E-state index contributed by atoms with van der Waals surface area (Å²) >= 11 is 0. The summed E-state index contributed by atoms with van der Waals surface area (Å²) < 4.78 is 1.77. The molecule has 2 amide bonds. The van der Waals surface area contributed by atoms with Crippen LogP contribution in [0.1, 0.15) is 57.1 Å². The van der Waals surface area contributed by atoms with Crippen molar-refractivity contribution in [2.24, 2.45) is 5.92 Å². The number of likely N-dealkylation sites (tertiary alicyclic amines) is 2. The van der Waals surface area contributed by atoms with Gasteiger partial charge in [-0.15, -0.1) is 0 Å². The lowest BCUT2D eigenvalue weighted by molar-refractivity contribution is -0.144. The van der Waals surface area contributed by atoms with Gasteiger partial charge in [0, 0.05) is 44.0 Å². The molecule has 0 spiro atoms. The van der Waals surface area contributed by atoms with Gasteiger partial charge in [-0.3, -0.25) is 14.3 Å². The van der Waals surface area contributed by atoms with Crippen LogP contribution in [0.4, 0.5) is 0 Å². The second-order valence-corrected chi connectivity index (χ2v) is 8.57. The molecule has 2 atom stereocenters. The van der Waals surface area contributed by atoms with Crippen LogP contribution in [0.3, 0.4) is 0 Å². The largest absolute Gasteiger partial charge is 0.341 e. The summed E-state index contributed by atoms with van der Waals surface area (Å²) in [6, 6.07) is 2.23. The highest BCUT2D eigenvalue weighted by Gasteiger charge is 2.40. The Hall–Kier alpha value is -2.11. The summed E-state index contributed by atoms with van der Waals surface area (Å²) in [7, 11) is 0. The Bertz CT molecular complexity index is 753. The molecule has 3 heterocycles. The van der Waals surface area contributed by atoms with Gasteiger partial charge in [-0.05, 0) is 63.9 Å². The average molecular weight is 385 g/mol. The second kappa shape index (κ2) is 8.50. The molecule has 1 aromatic heterocycles. The standard InChI is InChI=1S/C22H32N4O2/c1-17-9-12-23-26(17)16-22(28)24-13-11-20-19(15-24)7-8-21(27)25(20)14-10-18-5-3-2-4-6-18/h5,9,12,19-20H,2-4,6-8,10-11,13-16H2,1H3/t19-,20+/m0/s1. The van der Waals surface area contributed by atoms with E-state index in [-0.39, 0.29) is 5.91 Å². The number of hydrogen-bond acceptors (Lipinski definition) is 3. The third kappa shape index (κ3) is 4.15. The van der Waals surface area contributed by atoms with Crippen molar-refractivity contribution in [3.05, 3.63) is 29.6 Å². The average Bonchev–Trinajstić information content (AvgIpc) is 3.12. The van der Waals surface area contributed by atoms with Gasteiger partial charge in [0.2, 0.25) is 11.8 Å². The number of nitrogens with zero attached hydrogens (tertiary/aromatic N) is 4. The molecular weight excluding hydrogens is 352 g/mol. The second-order valence-electron chi connectivity index (χ2n) is 8.57. The van der Waals surface area contributed by atoms with Crippen LogP contribution in [-0.4, -0.2) is 57.1 Å². The molecule has 0 unspecified atom stereocenters. The normalized spacial score (nSPS) is 25.5. The molecule has 28 heavy (non-hydrogen) atoms. The Kier molecular flexibility index (Phi) is 5.83. The van der Waals surface area contributed by atoms with Gasteiger partial charge >= 0.3 is 0 Å². The number of aryl methyl sites for hydroxylation is 1. The summed E-state index contributed by atoms with van der Waals surface area (Å²) in [6.07, 6.45) is 12.6. The van der Waals surface area contributed by atoms with Crippen LogP contribution in [0.2, 0.25) is 0 Å². The topological polar surface area (TPSA) is 58.4 Å². The predicted molar refractivity (Wildman–Crippen MR) is 108 cm³/mol. The van der Waals surface area contributed by atoms with E-state index < -0.39 is 0 Å². The number of allylic oxidation sites excluding steroid dienone is 1. The van der Waals surface area contributed by atoms with Crippen LogP contribution in [0.15, 0.2) is 23.9 Å². The molecule has 4 rings (SSSR count). The molecule has 3 aliphatic rings. The minimum absolute atomic E-state index is 0.140. The number of piperidine rings is 2. The molecule has 0 N–H and O–H groups in total. The molecule has 0 aromatic carbocycles. The summed E-state index contributed by atoms with van der Waals surface area (Å²) in [5.41, 5.74) is 2.54. The quantitative estimate of drug-likeness (QED) is 0.734. The third-order valence-electron chi connectivity index (χ3n) is 6.77. The van der Waals surface area contributed by atoms with Crippen LogP contribution in [0.25, 0.3) is 0 Å². The van der Waals surface area contributed by atoms with E-state index in [1.54, 1.807) is 10.9 Å². The van der Waals surface area contributed by atoms with E-state index in [1.165, 1.54) is 31.3 Å². The van der Waals surface area contributed by atoms with E-state index in [1.807, 2.05) is 17.9 Å². The lowest BCUT2D eigenvalue weighted by Gasteiger charge is -2.47. The Morgan fingerprint density at radius 3 is 2.89 bits per heavy atom. The third-order valence-corrected chi connectivity index (χ3v) is 6.77. The van der Waals surface area contributed by atoms with E-state index in [9.17, 15) is 9.59 Å². The molecule has 6 heteroatoms. The maximum Gasteiger partial charge on any atom is 0.244 e. The molecule has 0 radical (unpaired) electrons. The SMILES string of the molecule is Cc1ccnn1CC(=O)N1CC[C@@H]2[C@@H](CCC(=O)N2CCC2=CCCCC2)C1. The molecule has 6 nitrogen and oxygen atoms in total. The Balaban J connectivity index is 1.35. The molecule has 2 saturated heterocycles. The zero-order valence-corrected chi connectivity index (χ0v) is 17.0. The fourth-order valence-corrected chi connectivity index (χ4v) is 5.06. The smallest absolute Gasteiger partial charge is 0.244 e. The lowest BCUT2D eigenvalue weighted by Crippen LogP contribution is -2.57. The highest BCUT2D eigenvalue weighted by Crippen LogP contribution is 2.32. The van der Waals surface area contributed by atoms with E-state index in [4.69, 9.17) is 0 Å². The maximum absolute atomic E-state index is 12.7. The van der Waals surface area contributed by atoms with Gasteiger partial charge in [-0.1, -0.05) is 11.6 Å².